The fourth-order valence-electron chi connectivity index (χ4n) is 6.68. The molecule has 0 saturated heterocycles. The molecule has 4 heteroatoms. The van der Waals surface area contributed by atoms with Crippen LogP contribution in [0, 0.1) is 0 Å². The van der Waals surface area contributed by atoms with E-state index >= 15 is 0 Å². The minimum atomic E-state index is -1.22. The summed E-state index contributed by atoms with van der Waals surface area (Å²) in [4.78, 5) is 11.9. The first-order valence-electron chi connectivity index (χ1n) is 16.6. The van der Waals surface area contributed by atoms with E-state index in [4.69, 9.17) is 0 Å². The lowest BCUT2D eigenvalue weighted by atomic mass is 9.13. The number of hydrogen-bond donors (Lipinski definition) is 1. The van der Waals surface area contributed by atoms with Crippen LogP contribution < -0.4 is 27.2 Å². The molecular formula is C43H45BN2O. The molecule has 0 radical (unpaired) electrons. The third kappa shape index (κ3) is 8.75. The second kappa shape index (κ2) is 16.4. The van der Waals surface area contributed by atoms with Crippen molar-refractivity contribution in [3.8, 4) is 0 Å². The summed E-state index contributed by atoms with van der Waals surface area (Å²) in [6.07, 6.45) is -0.245. The molecule has 1 N–H and O–H groups in total. The highest BCUT2D eigenvalue weighted by Crippen LogP contribution is 2.11. The van der Waals surface area contributed by atoms with E-state index in [0.717, 1.165) is 29.6 Å². The van der Waals surface area contributed by atoms with Crippen LogP contribution in [0.1, 0.15) is 22.3 Å². The molecule has 0 aliphatic heterocycles. The Morgan fingerprint density at radius 1 is 0.511 bits per heavy atom. The van der Waals surface area contributed by atoms with E-state index in [2.05, 4.69) is 165 Å². The summed E-state index contributed by atoms with van der Waals surface area (Å²) in [7, 11) is 4.46. The van der Waals surface area contributed by atoms with Crippen LogP contribution in [0.5, 0.6) is 0 Å². The molecule has 0 aliphatic carbocycles. The molecule has 0 atom stereocenters. The molecule has 3 nitrogen and oxygen atoms in total. The fraction of sp³-hybridized carbons (Fsp3) is 0.140. The van der Waals surface area contributed by atoms with Crippen LogP contribution in [0.25, 0.3) is 0 Å². The van der Waals surface area contributed by atoms with Gasteiger partial charge in [0.1, 0.15) is 12.7 Å². The van der Waals surface area contributed by atoms with Gasteiger partial charge in [-0.25, -0.2) is 0 Å². The zero-order valence-corrected chi connectivity index (χ0v) is 27.6. The van der Waals surface area contributed by atoms with Crippen molar-refractivity contribution in [3.63, 3.8) is 0 Å². The second-order valence-electron chi connectivity index (χ2n) is 12.8. The number of nitrogens with zero attached hydrogens (tertiary/aromatic N) is 1. The number of amides is 1. The van der Waals surface area contributed by atoms with Crippen molar-refractivity contribution in [2.24, 2.45) is 0 Å². The van der Waals surface area contributed by atoms with E-state index in [-0.39, 0.29) is 5.91 Å². The van der Waals surface area contributed by atoms with Gasteiger partial charge in [-0.1, -0.05) is 170 Å². The molecule has 6 aromatic rings. The number of nitrogens with one attached hydrogen (secondary N) is 1. The van der Waals surface area contributed by atoms with Crippen molar-refractivity contribution in [3.05, 3.63) is 193 Å². The van der Waals surface area contributed by atoms with Crippen LogP contribution in [-0.2, 0) is 6.54 Å². The molecule has 0 unspecified atom stereocenters. The first-order valence-corrected chi connectivity index (χ1v) is 16.6. The summed E-state index contributed by atoms with van der Waals surface area (Å²) in [5, 5.41) is 2.99. The molecular weight excluding hydrogens is 571 g/mol. The molecule has 0 aromatic heterocycles. The van der Waals surface area contributed by atoms with E-state index in [9.17, 15) is 4.79 Å². The average Bonchev–Trinajstić information content (AvgIpc) is 3.13. The Kier molecular flexibility index (Phi) is 11.6. The normalized spacial score (nSPS) is 11.2. The van der Waals surface area contributed by atoms with Crippen LogP contribution in [0.3, 0.4) is 0 Å². The highest BCUT2D eigenvalue weighted by atomic mass is 16.1. The number of rotatable bonds is 11. The molecule has 0 bridgehead atoms. The average molecular weight is 617 g/mol. The summed E-state index contributed by atoms with van der Waals surface area (Å²) >= 11 is 0. The van der Waals surface area contributed by atoms with E-state index in [1.165, 1.54) is 27.4 Å². The van der Waals surface area contributed by atoms with Gasteiger partial charge >= 0.3 is 0 Å². The van der Waals surface area contributed by atoms with Crippen molar-refractivity contribution in [2.75, 3.05) is 27.2 Å². The Morgan fingerprint density at radius 2 is 0.851 bits per heavy atom. The van der Waals surface area contributed by atoms with E-state index in [1.54, 1.807) is 0 Å². The van der Waals surface area contributed by atoms with Gasteiger partial charge in [-0.3, -0.25) is 4.79 Å². The quantitative estimate of drug-likeness (QED) is 0.106. The Morgan fingerprint density at radius 3 is 1.23 bits per heavy atom. The van der Waals surface area contributed by atoms with Crippen LogP contribution in [0.15, 0.2) is 182 Å². The molecule has 0 aliphatic rings. The third-order valence-corrected chi connectivity index (χ3v) is 8.91. The number of hydrogen-bond acceptors (Lipinski definition) is 1. The number of carbonyl (C=O) groups is 1. The smallest absolute Gasteiger partial charge is 0.251 e. The van der Waals surface area contributed by atoms with Gasteiger partial charge in [-0.2, -0.15) is 21.9 Å². The maximum Gasteiger partial charge on any atom is 0.251 e. The lowest BCUT2D eigenvalue weighted by Gasteiger charge is -2.44. The SMILES string of the molecule is C[N+](C)(CCCNC(=O)c1ccccc1)Cc1ccccc1.c1ccc([B-](c2ccccc2)(c2ccccc2)c2ccccc2)cc1. The lowest BCUT2D eigenvalue weighted by Crippen LogP contribution is -2.74. The molecule has 0 fully saturated rings. The van der Waals surface area contributed by atoms with Gasteiger partial charge in [0, 0.05) is 24.1 Å². The van der Waals surface area contributed by atoms with Gasteiger partial charge in [-0.15, -0.1) is 0 Å². The standard InChI is InChI=1S/C24H20B.C19H24N2O/c1-5-13-21(14-6-1)25(22-15-7-2-8-16-22,23-17-9-3-10-18-23)24-19-11-4-12-20-24;1-21(2,16-17-10-5-3-6-11-17)15-9-14-20-19(22)18-12-7-4-8-13-18/h1-20H;3-8,10-13H,9,14-16H2,1-2H3/q-1;/p+1. The monoisotopic (exact) mass is 616 g/mol. The van der Waals surface area contributed by atoms with Crippen LogP contribution in [-0.4, -0.2) is 43.7 Å². The minimum absolute atomic E-state index is 0.00830. The van der Waals surface area contributed by atoms with Crippen molar-refractivity contribution < 1.29 is 9.28 Å². The van der Waals surface area contributed by atoms with E-state index < -0.39 is 6.15 Å². The topological polar surface area (TPSA) is 29.1 Å². The van der Waals surface area contributed by atoms with E-state index in [0.29, 0.717) is 6.54 Å². The largest absolute Gasteiger partial charge is 0.352 e. The Bertz CT molecular complexity index is 1600. The zero-order valence-electron chi connectivity index (χ0n) is 27.6. The Hall–Kier alpha value is -5.19. The van der Waals surface area contributed by atoms with Crippen molar-refractivity contribution in [1.82, 2.24) is 5.32 Å². The maximum absolute atomic E-state index is 11.9. The molecule has 1 amide bonds. The van der Waals surface area contributed by atoms with Gasteiger partial charge in [0.2, 0.25) is 0 Å². The number of carbonyl (C=O) groups excluding carboxylic acids is 1. The van der Waals surface area contributed by atoms with Crippen molar-refractivity contribution >= 4 is 33.9 Å². The molecule has 6 rings (SSSR count). The lowest BCUT2D eigenvalue weighted by molar-refractivity contribution is -0.903. The molecule has 47 heavy (non-hydrogen) atoms. The van der Waals surface area contributed by atoms with Gasteiger partial charge in [-0.05, 0) is 12.1 Å². The summed E-state index contributed by atoms with van der Waals surface area (Å²) in [6.45, 7) is 2.75. The summed E-state index contributed by atoms with van der Waals surface area (Å²) in [5.41, 5.74) is 7.43. The molecule has 0 spiro atoms. The second-order valence-corrected chi connectivity index (χ2v) is 12.8. The Balaban J connectivity index is 0.000000186. The number of quaternary nitrogens is 1. The van der Waals surface area contributed by atoms with Crippen molar-refractivity contribution in [1.29, 1.82) is 0 Å². The predicted molar refractivity (Wildman–Crippen MR) is 201 cm³/mol. The summed E-state index contributed by atoms with van der Waals surface area (Å²) in [5.74, 6) is 0.00830. The zero-order chi connectivity index (χ0) is 32.8. The van der Waals surface area contributed by atoms with Crippen LogP contribution >= 0.6 is 0 Å². The maximum atomic E-state index is 11.9. The molecule has 0 saturated carbocycles. The fourth-order valence-corrected chi connectivity index (χ4v) is 6.68. The first kappa shape index (κ1) is 33.2. The van der Waals surface area contributed by atoms with Gasteiger partial charge < -0.3 is 9.80 Å². The predicted octanol–water partition coefficient (Wildman–Crippen LogP) is 6.15. The van der Waals surface area contributed by atoms with Crippen molar-refractivity contribution in [2.45, 2.75) is 13.0 Å². The highest BCUT2D eigenvalue weighted by Gasteiger charge is 2.31. The van der Waals surface area contributed by atoms with Gasteiger partial charge in [0.25, 0.3) is 5.91 Å². The highest BCUT2D eigenvalue weighted by molar-refractivity contribution is 7.19. The summed E-state index contributed by atoms with van der Waals surface area (Å²) < 4.78 is 0.922. The summed E-state index contributed by atoms with van der Waals surface area (Å²) in [6, 6.07) is 63.4. The minimum Gasteiger partial charge on any atom is -0.352 e. The third-order valence-electron chi connectivity index (χ3n) is 8.91. The molecule has 6 aromatic carbocycles. The first-order chi connectivity index (χ1) is 23.0. The van der Waals surface area contributed by atoms with Crippen LogP contribution in [0.4, 0.5) is 0 Å². The van der Waals surface area contributed by atoms with Crippen LogP contribution in [0.2, 0.25) is 0 Å². The van der Waals surface area contributed by atoms with Gasteiger partial charge in [0.05, 0.1) is 20.6 Å². The van der Waals surface area contributed by atoms with E-state index in [1.807, 2.05) is 36.4 Å². The molecule has 0 heterocycles. The molecule has 236 valence electrons. The Labute approximate surface area is 281 Å². The number of benzene rings is 6. The van der Waals surface area contributed by atoms with Gasteiger partial charge in [0.15, 0.2) is 0 Å².